The van der Waals surface area contributed by atoms with E-state index in [2.05, 4.69) is 22.5 Å². The third-order valence-corrected chi connectivity index (χ3v) is 3.11. The number of benzene rings is 1. The number of hydrogen-bond acceptors (Lipinski definition) is 4. The Morgan fingerprint density at radius 1 is 1.04 bits per heavy atom. The minimum absolute atomic E-state index is 0.629. The van der Waals surface area contributed by atoms with E-state index in [0.29, 0.717) is 26.4 Å². The summed E-state index contributed by atoms with van der Waals surface area (Å²) in [5.74, 6) is 1.68. The van der Waals surface area contributed by atoms with Crippen LogP contribution in [0.4, 0.5) is 0 Å². The molecule has 0 fully saturated rings. The molecule has 0 spiro atoms. The first-order valence-corrected chi connectivity index (χ1v) is 8.02. The van der Waals surface area contributed by atoms with E-state index < -0.39 is 0 Å². The van der Waals surface area contributed by atoms with Crippen molar-refractivity contribution in [3.63, 3.8) is 0 Å². The number of nitrogens with zero attached hydrogens (tertiary/aromatic N) is 1. The van der Waals surface area contributed by atoms with Gasteiger partial charge in [0.25, 0.3) is 0 Å². The molecule has 0 aliphatic rings. The molecule has 0 heterocycles. The zero-order valence-corrected chi connectivity index (χ0v) is 14.4. The zero-order valence-electron chi connectivity index (χ0n) is 14.4. The van der Waals surface area contributed by atoms with Crippen molar-refractivity contribution in [2.24, 2.45) is 4.99 Å². The van der Waals surface area contributed by atoms with Gasteiger partial charge in [0.1, 0.15) is 5.75 Å². The molecule has 0 amide bonds. The van der Waals surface area contributed by atoms with Gasteiger partial charge in [-0.25, -0.2) is 4.99 Å². The summed E-state index contributed by atoms with van der Waals surface area (Å²) in [6.45, 7) is 6.33. The summed E-state index contributed by atoms with van der Waals surface area (Å²) in [4.78, 5) is 4.58. The first-order valence-electron chi connectivity index (χ1n) is 8.02. The molecule has 2 N–H and O–H groups in total. The Kier molecular flexibility index (Phi) is 10.7. The molecule has 0 bridgehead atoms. The fraction of sp³-hybridized carbons (Fsp3) is 0.588. The van der Waals surface area contributed by atoms with Crippen LogP contribution in [0.25, 0.3) is 0 Å². The van der Waals surface area contributed by atoms with Crippen LogP contribution < -0.4 is 15.4 Å². The van der Waals surface area contributed by atoms with E-state index in [4.69, 9.17) is 14.2 Å². The normalized spacial score (nSPS) is 11.3. The monoisotopic (exact) mass is 323 g/mol. The Bertz CT molecular complexity index is 435. The molecule has 6 heteroatoms. The van der Waals surface area contributed by atoms with Crippen LogP contribution in [0.2, 0.25) is 0 Å². The predicted octanol–water partition coefficient (Wildman–Crippen LogP) is 1.80. The van der Waals surface area contributed by atoms with Gasteiger partial charge in [-0.05, 0) is 31.0 Å². The van der Waals surface area contributed by atoms with Crippen molar-refractivity contribution in [1.82, 2.24) is 10.6 Å². The highest BCUT2D eigenvalue weighted by Crippen LogP contribution is 2.11. The topological polar surface area (TPSA) is 64.1 Å². The smallest absolute Gasteiger partial charge is 0.191 e. The van der Waals surface area contributed by atoms with Crippen molar-refractivity contribution in [3.8, 4) is 5.75 Å². The summed E-state index contributed by atoms with van der Waals surface area (Å²) >= 11 is 0. The molecule has 0 saturated heterocycles. The third kappa shape index (κ3) is 9.05. The summed E-state index contributed by atoms with van der Waals surface area (Å²) < 4.78 is 15.5. The van der Waals surface area contributed by atoms with E-state index in [9.17, 15) is 0 Å². The van der Waals surface area contributed by atoms with Gasteiger partial charge in [0, 0.05) is 26.8 Å². The number of methoxy groups -OCH3 is 2. The molecule has 6 nitrogen and oxygen atoms in total. The lowest BCUT2D eigenvalue weighted by Gasteiger charge is -2.11. The van der Waals surface area contributed by atoms with Gasteiger partial charge >= 0.3 is 0 Å². The van der Waals surface area contributed by atoms with E-state index in [0.717, 1.165) is 36.8 Å². The number of ether oxygens (including phenoxy) is 3. The van der Waals surface area contributed by atoms with Crippen LogP contribution in [-0.4, -0.2) is 53.1 Å². The lowest BCUT2D eigenvalue weighted by atomic mass is 10.2. The Morgan fingerprint density at radius 2 is 1.83 bits per heavy atom. The summed E-state index contributed by atoms with van der Waals surface area (Å²) in [6, 6.07) is 7.94. The second-order valence-electron chi connectivity index (χ2n) is 4.93. The standard InChI is InChI=1S/C17H29N3O3/c1-4-18-17(19-10-5-11-23-13-12-21-2)20-14-15-6-8-16(22-3)9-7-15/h6-9H,4-5,10-14H2,1-3H3,(H2,18,19,20). The van der Waals surface area contributed by atoms with E-state index in [-0.39, 0.29) is 0 Å². The maximum absolute atomic E-state index is 5.43. The van der Waals surface area contributed by atoms with Crippen molar-refractivity contribution in [3.05, 3.63) is 29.8 Å². The van der Waals surface area contributed by atoms with Crippen molar-refractivity contribution < 1.29 is 14.2 Å². The minimum Gasteiger partial charge on any atom is -0.497 e. The highest BCUT2D eigenvalue weighted by atomic mass is 16.5. The summed E-state index contributed by atoms with van der Waals surface area (Å²) in [5.41, 5.74) is 1.14. The van der Waals surface area contributed by atoms with Crippen LogP contribution in [0, 0.1) is 0 Å². The molecule has 1 aromatic rings. The highest BCUT2D eigenvalue weighted by Gasteiger charge is 1.98. The summed E-state index contributed by atoms with van der Waals surface area (Å²) in [6.07, 6.45) is 0.927. The SMILES string of the molecule is CCNC(=NCc1ccc(OC)cc1)NCCCOCCOC. The zero-order chi connectivity index (χ0) is 16.8. The molecule has 130 valence electrons. The maximum atomic E-state index is 5.43. The van der Waals surface area contributed by atoms with Gasteiger partial charge in [-0.2, -0.15) is 0 Å². The average Bonchev–Trinajstić information content (AvgIpc) is 2.59. The molecule has 0 unspecified atom stereocenters. The van der Waals surface area contributed by atoms with Crippen LogP contribution in [0.3, 0.4) is 0 Å². The van der Waals surface area contributed by atoms with E-state index in [1.807, 2.05) is 24.3 Å². The summed E-state index contributed by atoms with van der Waals surface area (Å²) in [5, 5.41) is 6.55. The second-order valence-corrected chi connectivity index (χ2v) is 4.93. The molecule has 0 aromatic heterocycles. The van der Waals surface area contributed by atoms with Gasteiger partial charge in [0.05, 0.1) is 26.9 Å². The van der Waals surface area contributed by atoms with Gasteiger partial charge in [0.15, 0.2) is 5.96 Å². The number of hydrogen-bond donors (Lipinski definition) is 2. The Labute approximate surface area is 139 Å². The molecule has 0 aliphatic carbocycles. The predicted molar refractivity (Wildman–Crippen MR) is 93.1 cm³/mol. The van der Waals surface area contributed by atoms with Crippen molar-refractivity contribution in [2.75, 3.05) is 47.1 Å². The van der Waals surface area contributed by atoms with Crippen molar-refractivity contribution in [2.45, 2.75) is 19.9 Å². The molecule has 0 aliphatic heterocycles. The highest BCUT2D eigenvalue weighted by molar-refractivity contribution is 5.79. The molecule has 1 aromatic carbocycles. The molecule has 0 radical (unpaired) electrons. The van der Waals surface area contributed by atoms with Gasteiger partial charge in [-0.3, -0.25) is 0 Å². The van der Waals surface area contributed by atoms with Gasteiger partial charge in [-0.15, -0.1) is 0 Å². The van der Waals surface area contributed by atoms with Crippen LogP contribution in [0.15, 0.2) is 29.3 Å². The Morgan fingerprint density at radius 3 is 2.48 bits per heavy atom. The number of nitrogens with one attached hydrogen (secondary N) is 2. The number of rotatable bonds is 11. The maximum Gasteiger partial charge on any atom is 0.191 e. The van der Waals surface area contributed by atoms with Gasteiger partial charge in [-0.1, -0.05) is 12.1 Å². The lowest BCUT2D eigenvalue weighted by molar-refractivity contribution is 0.0698. The lowest BCUT2D eigenvalue weighted by Crippen LogP contribution is -2.38. The largest absolute Gasteiger partial charge is 0.497 e. The fourth-order valence-corrected chi connectivity index (χ4v) is 1.87. The molecule has 23 heavy (non-hydrogen) atoms. The fourth-order valence-electron chi connectivity index (χ4n) is 1.87. The second kappa shape index (κ2) is 12.7. The molecule has 1 rings (SSSR count). The third-order valence-electron chi connectivity index (χ3n) is 3.11. The molecular weight excluding hydrogens is 294 g/mol. The molecular formula is C17H29N3O3. The number of aliphatic imine (C=N–C) groups is 1. The van der Waals surface area contributed by atoms with E-state index in [1.54, 1.807) is 14.2 Å². The van der Waals surface area contributed by atoms with Crippen LogP contribution in [-0.2, 0) is 16.0 Å². The first kappa shape index (κ1) is 19.3. The number of guanidine groups is 1. The van der Waals surface area contributed by atoms with Crippen molar-refractivity contribution >= 4 is 5.96 Å². The molecule has 0 atom stereocenters. The van der Waals surface area contributed by atoms with Crippen LogP contribution >= 0.6 is 0 Å². The summed E-state index contributed by atoms with van der Waals surface area (Å²) in [7, 11) is 3.34. The Hall–Kier alpha value is -1.79. The van der Waals surface area contributed by atoms with E-state index in [1.165, 1.54) is 0 Å². The van der Waals surface area contributed by atoms with E-state index >= 15 is 0 Å². The van der Waals surface area contributed by atoms with Crippen LogP contribution in [0.1, 0.15) is 18.9 Å². The first-order chi connectivity index (χ1) is 11.3. The van der Waals surface area contributed by atoms with Gasteiger partial charge in [0.2, 0.25) is 0 Å². The average molecular weight is 323 g/mol. The van der Waals surface area contributed by atoms with Gasteiger partial charge < -0.3 is 24.8 Å². The quantitative estimate of drug-likeness (QED) is 0.369. The molecule has 0 saturated carbocycles. The van der Waals surface area contributed by atoms with Crippen LogP contribution in [0.5, 0.6) is 5.75 Å². The Balaban J connectivity index is 2.31. The van der Waals surface area contributed by atoms with Crippen molar-refractivity contribution in [1.29, 1.82) is 0 Å². The minimum atomic E-state index is 0.629.